The lowest BCUT2D eigenvalue weighted by molar-refractivity contribution is -0.144. The lowest BCUT2D eigenvalue weighted by Gasteiger charge is -2.27. The van der Waals surface area contributed by atoms with Crippen molar-refractivity contribution in [2.24, 2.45) is 0 Å². The maximum Gasteiger partial charge on any atom is 0.326 e. The molecule has 0 aliphatic heterocycles. The minimum absolute atomic E-state index is 0.0887. The second-order valence-corrected chi connectivity index (χ2v) is 3.88. The van der Waals surface area contributed by atoms with Crippen molar-refractivity contribution in [2.45, 2.75) is 26.3 Å². The molecule has 0 spiro atoms. The van der Waals surface area contributed by atoms with Crippen LogP contribution in [0.15, 0.2) is 0 Å². The fourth-order valence-electron chi connectivity index (χ4n) is 1.19. The SMILES string of the molecule is CCOC(=O)CCN(C)C(=O)N(C)C(C)C(=O)O. The highest BCUT2D eigenvalue weighted by molar-refractivity contribution is 5.82. The van der Waals surface area contributed by atoms with Gasteiger partial charge in [-0.3, -0.25) is 4.79 Å². The van der Waals surface area contributed by atoms with Crippen molar-refractivity contribution in [1.29, 1.82) is 0 Å². The first-order valence-corrected chi connectivity index (χ1v) is 5.67. The Morgan fingerprint density at radius 1 is 1.28 bits per heavy atom. The van der Waals surface area contributed by atoms with Crippen molar-refractivity contribution in [2.75, 3.05) is 27.2 Å². The zero-order chi connectivity index (χ0) is 14.3. The Balaban J connectivity index is 4.25. The first kappa shape index (κ1) is 16.2. The van der Waals surface area contributed by atoms with Crippen LogP contribution in [0.3, 0.4) is 0 Å². The fraction of sp³-hybridized carbons (Fsp3) is 0.727. The Morgan fingerprint density at radius 3 is 2.28 bits per heavy atom. The highest BCUT2D eigenvalue weighted by atomic mass is 16.5. The highest BCUT2D eigenvalue weighted by Gasteiger charge is 2.24. The Morgan fingerprint density at radius 2 is 1.83 bits per heavy atom. The number of carbonyl (C=O) groups excluding carboxylic acids is 2. The highest BCUT2D eigenvalue weighted by Crippen LogP contribution is 2.02. The zero-order valence-electron chi connectivity index (χ0n) is 11.2. The average molecular weight is 260 g/mol. The van der Waals surface area contributed by atoms with Crippen LogP contribution in [0.2, 0.25) is 0 Å². The smallest absolute Gasteiger partial charge is 0.326 e. The number of nitrogens with zero attached hydrogens (tertiary/aromatic N) is 2. The molecule has 0 bridgehead atoms. The van der Waals surface area contributed by atoms with Crippen molar-refractivity contribution in [3.63, 3.8) is 0 Å². The number of hydrogen-bond donors (Lipinski definition) is 1. The predicted octanol–water partition coefficient (Wildman–Crippen LogP) is 0.396. The van der Waals surface area contributed by atoms with Gasteiger partial charge in [0.05, 0.1) is 13.0 Å². The number of likely N-dealkylation sites (N-methyl/N-ethyl adjacent to an activating group) is 1. The van der Waals surface area contributed by atoms with E-state index in [2.05, 4.69) is 0 Å². The Bertz CT molecular complexity index is 319. The van der Waals surface area contributed by atoms with Gasteiger partial charge in [0.2, 0.25) is 0 Å². The Hall–Kier alpha value is -1.79. The molecule has 1 atom stereocenters. The van der Waals surface area contributed by atoms with Crippen LogP contribution in [0.1, 0.15) is 20.3 Å². The molecule has 7 heteroatoms. The molecule has 1 unspecified atom stereocenters. The van der Waals surface area contributed by atoms with Crippen LogP contribution in [0.4, 0.5) is 4.79 Å². The quantitative estimate of drug-likeness (QED) is 0.698. The molecule has 0 heterocycles. The predicted molar refractivity (Wildman–Crippen MR) is 64.1 cm³/mol. The van der Waals surface area contributed by atoms with Crippen LogP contribution in [0.25, 0.3) is 0 Å². The number of aliphatic carboxylic acids is 1. The fourth-order valence-corrected chi connectivity index (χ4v) is 1.19. The zero-order valence-corrected chi connectivity index (χ0v) is 11.2. The third-order valence-electron chi connectivity index (χ3n) is 2.52. The van der Waals surface area contributed by atoms with Gasteiger partial charge < -0.3 is 19.6 Å². The van der Waals surface area contributed by atoms with Gasteiger partial charge in [0.15, 0.2) is 0 Å². The normalized spacial score (nSPS) is 11.6. The monoisotopic (exact) mass is 260 g/mol. The Labute approximate surface area is 106 Å². The number of urea groups is 1. The van der Waals surface area contributed by atoms with Gasteiger partial charge in [0, 0.05) is 20.6 Å². The summed E-state index contributed by atoms with van der Waals surface area (Å²) in [5.41, 5.74) is 0. The van der Waals surface area contributed by atoms with Crippen molar-refractivity contribution in [3.05, 3.63) is 0 Å². The molecule has 0 saturated carbocycles. The summed E-state index contributed by atoms with van der Waals surface area (Å²) in [6.07, 6.45) is 0.0887. The number of carbonyl (C=O) groups is 3. The van der Waals surface area contributed by atoms with Gasteiger partial charge in [-0.25, -0.2) is 9.59 Å². The number of carboxylic acids is 1. The van der Waals surface area contributed by atoms with Gasteiger partial charge >= 0.3 is 18.0 Å². The molecular weight excluding hydrogens is 240 g/mol. The molecule has 0 saturated heterocycles. The summed E-state index contributed by atoms with van der Waals surface area (Å²) < 4.78 is 4.73. The van der Waals surface area contributed by atoms with Gasteiger partial charge in [-0.1, -0.05) is 0 Å². The van der Waals surface area contributed by atoms with E-state index in [9.17, 15) is 14.4 Å². The summed E-state index contributed by atoms with van der Waals surface area (Å²) in [5, 5.41) is 8.78. The summed E-state index contributed by atoms with van der Waals surface area (Å²) in [4.78, 5) is 36.0. The number of carboxylic acid groups (broad SMARTS) is 1. The van der Waals surface area contributed by atoms with Crippen molar-refractivity contribution >= 4 is 18.0 Å². The molecule has 7 nitrogen and oxygen atoms in total. The summed E-state index contributed by atoms with van der Waals surface area (Å²) in [6.45, 7) is 3.61. The topological polar surface area (TPSA) is 87.2 Å². The van der Waals surface area contributed by atoms with Crippen molar-refractivity contribution in [3.8, 4) is 0 Å². The molecule has 0 aromatic heterocycles. The van der Waals surface area contributed by atoms with E-state index in [4.69, 9.17) is 9.84 Å². The van der Waals surface area contributed by atoms with Crippen LogP contribution in [-0.4, -0.2) is 66.2 Å². The standard InChI is InChI=1S/C11H20N2O5/c1-5-18-9(14)6-7-12(3)11(17)13(4)8(2)10(15)16/h8H,5-7H2,1-4H3,(H,15,16). The molecule has 0 aliphatic rings. The first-order valence-electron chi connectivity index (χ1n) is 5.67. The van der Waals surface area contributed by atoms with Crippen LogP contribution < -0.4 is 0 Å². The van der Waals surface area contributed by atoms with Gasteiger partial charge in [-0.05, 0) is 13.8 Å². The van der Waals surface area contributed by atoms with E-state index in [0.29, 0.717) is 6.61 Å². The third kappa shape index (κ3) is 5.03. The van der Waals surface area contributed by atoms with Crippen molar-refractivity contribution in [1.82, 2.24) is 9.80 Å². The molecule has 18 heavy (non-hydrogen) atoms. The lowest BCUT2D eigenvalue weighted by Crippen LogP contribution is -2.46. The number of hydrogen-bond acceptors (Lipinski definition) is 4. The molecule has 0 aromatic rings. The molecule has 0 radical (unpaired) electrons. The van der Waals surface area contributed by atoms with Gasteiger partial charge in [-0.15, -0.1) is 0 Å². The van der Waals surface area contributed by atoms with Gasteiger partial charge in [-0.2, -0.15) is 0 Å². The summed E-state index contributed by atoms with van der Waals surface area (Å²) >= 11 is 0. The molecule has 104 valence electrons. The van der Waals surface area contributed by atoms with E-state index in [1.165, 1.54) is 25.9 Å². The molecular formula is C11H20N2O5. The molecule has 0 rings (SSSR count). The van der Waals surface area contributed by atoms with E-state index in [-0.39, 0.29) is 18.9 Å². The minimum Gasteiger partial charge on any atom is -0.480 e. The molecule has 2 amide bonds. The second kappa shape index (κ2) is 7.52. The molecule has 0 aliphatic carbocycles. The molecule has 1 N–H and O–H groups in total. The summed E-state index contributed by atoms with van der Waals surface area (Å²) in [7, 11) is 2.91. The minimum atomic E-state index is -1.08. The summed E-state index contributed by atoms with van der Waals surface area (Å²) in [5.74, 6) is -1.46. The number of amides is 2. The maximum atomic E-state index is 11.8. The molecule has 0 fully saturated rings. The van der Waals surface area contributed by atoms with E-state index in [1.807, 2.05) is 0 Å². The summed E-state index contributed by atoms with van der Waals surface area (Å²) in [6, 6.07) is -1.36. The largest absolute Gasteiger partial charge is 0.480 e. The van der Waals surface area contributed by atoms with Crippen LogP contribution in [0, 0.1) is 0 Å². The average Bonchev–Trinajstić information content (AvgIpc) is 2.33. The lowest BCUT2D eigenvalue weighted by atomic mass is 10.3. The van der Waals surface area contributed by atoms with Crippen LogP contribution >= 0.6 is 0 Å². The first-order chi connectivity index (χ1) is 8.31. The molecule has 0 aromatic carbocycles. The Kier molecular flexibility index (Phi) is 6.77. The van der Waals surface area contributed by atoms with E-state index >= 15 is 0 Å². The number of rotatable bonds is 6. The van der Waals surface area contributed by atoms with Gasteiger partial charge in [0.1, 0.15) is 6.04 Å². The van der Waals surface area contributed by atoms with Crippen LogP contribution in [0.5, 0.6) is 0 Å². The van der Waals surface area contributed by atoms with Crippen LogP contribution in [-0.2, 0) is 14.3 Å². The van der Waals surface area contributed by atoms with Gasteiger partial charge in [0.25, 0.3) is 0 Å². The van der Waals surface area contributed by atoms with E-state index < -0.39 is 18.0 Å². The maximum absolute atomic E-state index is 11.8. The second-order valence-electron chi connectivity index (χ2n) is 3.88. The number of esters is 1. The van der Waals surface area contributed by atoms with E-state index in [1.54, 1.807) is 6.92 Å². The number of ether oxygens (including phenoxy) is 1. The third-order valence-corrected chi connectivity index (χ3v) is 2.52. The van der Waals surface area contributed by atoms with Crippen molar-refractivity contribution < 1.29 is 24.2 Å². The van der Waals surface area contributed by atoms with E-state index in [0.717, 1.165) is 4.90 Å².